The van der Waals surface area contributed by atoms with Crippen molar-refractivity contribution in [3.05, 3.63) is 29.8 Å². The summed E-state index contributed by atoms with van der Waals surface area (Å²) in [5.41, 5.74) is 1.02. The van der Waals surface area contributed by atoms with E-state index < -0.39 is 6.10 Å². The number of hydrogen-bond donors (Lipinski definition) is 2. The zero-order valence-electron chi connectivity index (χ0n) is 16.1. The molecule has 1 rings (SSSR count). The highest BCUT2D eigenvalue weighted by Gasteiger charge is 2.18. The van der Waals surface area contributed by atoms with Gasteiger partial charge in [-0.2, -0.15) is 0 Å². The number of benzene rings is 1. The predicted molar refractivity (Wildman–Crippen MR) is 108 cm³/mol. The molecule has 2 atom stereocenters. The maximum absolute atomic E-state index is 10.7. The van der Waals surface area contributed by atoms with Crippen molar-refractivity contribution in [2.75, 3.05) is 6.54 Å². The molecule has 0 heterocycles. The molecule has 2 unspecified atom stereocenters. The van der Waals surface area contributed by atoms with Gasteiger partial charge in [-0.05, 0) is 37.1 Å². The minimum atomic E-state index is -0.423. The number of aliphatic hydroxyl groups is 1. The Bertz CT molecular complexity index is 418. The van der Waals surface area contributed by atoms with Gasteiger partial charge in [-0.1, -0.05) is 71.9 Å². The summed E-state index contributed by atoms with van der Waals surface area (Å²) < 4.78 is 0. The molecule has 0 aliphatic heterocycles. The lowest BCUT2D eigenvalue weighted by Crippen LogP contribution is -2.35. The Hall–Kier alpha value is -0.510. The van der Waals surface area contributed by atoms with Crippen LogP contribution in [0.4, 0.5) is 0 Å². The van der Waals surface area contributed by atoms with Crippen LogP contribution in [0.3, 0.4) is 0 Å². The third kappa shape index (κ3) is 8.55. The van der Waals surface area contributed by atoms with Crippen LogP contribution in [0, 0.1) is 0 Å². The fourth-order valence-corrected chi connectivity index (χ4v) is 3.76. The van der Waals surface area contributed by atoms with Gasteiger partial charge >= 0.3 is 0 Å². The van der Waals surface area contributed by atoms with Gasteiger partial charge in [-0.15, -0.1) is 11.8 Å². The number of nitrogens with one attached hydrogen (secondary N) is 1. The highest BCUT2D eigenvalue weighted by Crippen LogP contribution is 2.26. The second-order valence-electron chi connectivity index (χ2n) is 6.92. The topological polar surface area (TPSA) is 32.3 Å². The Morgan fingerprint density at radius 3 is 2.17 bits per heavy atom. The van der Waals surface area contributed by atoms with Crippen LogP contribution in [0.15, 0.2) is 29.2 Å². The van der Waals surface area contributed by atoms with Crippen molar-refractivity contribution >= 4 is 11.8 Å². The lowest BCUT2D eigenvalue weighted by molar-refractivity contribution is 0.126. The van der Waals surface area contributed by atoms with Crippen LogP contribution >= 0.6 is 11.8 Å². The van der Waals surface area contributed by atoms with Crippen molar-refractivity contribution in [3.8, 4) is 0 Å². The first-order chi connectivity index (χ1) is 11.6. The first-order valence-corrected chi connectivity index (χ1v) is 10.6. The van der Waals surface area contributed by atoms with Gasteiger partial charge in [0.1, 0.15) is 0 Å². The van der Waals surface area contributed by atoms with Gasteiger partial charge < -0.3 is 10.4 Å². The summed E-state index contributed by atoms with van der Waals surface area (Å²) in [5, 5.41) is 14.8. The summed E-state index contributed by atoms with van der Waals surface area (Å²) in [6.45, 7) is 9.80. The molecule has 0 amide bonds. The molecule has 0 aliphatic rings. The van der Waals surface area contributed by atoms with Crippen molar-refractivity contribution in [2.45, 2.75) is 94.9 Å². The fourth-order valence-electron chi connectivity index (χ4n) is 2.92. The third-order valence-electron chi connectivity index (χ3n) is 4.35. The molecule has 2 N–H and O–H groups in total. The van der Waals surface area contributed by atoms with Crippen molar-refractivity contribution in [1.82, 2.24) is 5.32 Å². The van der Waals surface area contributed by atoms with Crippen LogP contribution in [-0.2, 0) is 0 Å². The highest BCUT2D eigenvalue weighted by atomic mass is 32.2. The Balaban J connectivity index is 2.38. The first-order valence-electron chi connectivity index (χ1n) is 9.76. The zero-order chi connectivity index (χ0) is 17.8. The monoisotopic (exact) mass is 351 g/mol. The van der Waals surface area contributed by atoms with Crippen molar-refractivity contribution < 1.29 is 5.11 Å². The molecule has 0 aliphatic carbocycles. The van der Waals surface area contributed by atoms with E-state index in [9.17, 15) is 5.11 Å². The van der Waals surface area contributed by atoms with Gasteiger partial charge in [0.25, 0.3) is 0 Å². The second kappa shape index (κ2) is 12.8. The molecule has 24 heavy (non-hydrogen) atoms. The maximum Gasteiger partial charge on any atom is 0.0942 e. The molecule has 0 saturated heterocycles. The van der Waals surface area contributed by atoms with Crippen LogP contribution in [-0.4, -0.2) is 22.9 Å². The molecule has 138 valence electrons. The first kappa shape index (κ1) is 21.5. The Morgan fingerprint density at radius 2 is 1.58 bits per heavy atom. The van der Waals surface area contributed by atoms with E-state index in [1.165, 1.54) is 43.4 Å². The quantitative estimate of drug-likeness (QED) is 0.340. The summed E-state index contributed by atoms with van der Waals surface area (Å²) in [4.78, 5) is 1.27. The standard InChI is InChI=1S/C21H37NOS/c1-5-7-8-9-10-11-16-22-20(6-2)21(23)18-12-14-19(15-13-18)24-17(3)4/h12-15,17,20-23H,5-11,16H2,1-4H3. The number of aliphatic hydroxyl groups excluding tert-OH is 1. The molecule has 0 aromatic heterocycles. The van der Waals surface area contributed by atoms with Crippen LogP contribution in [0.2, 0.25) is 0 Å². The van der Waals surface area contributed by atoms with Crippen molar-refractivity contribution in [2.24, 2.45) is 0 Å². The fraction of sp³-hybridized carbons (Fsp3) is 0.714. The minimum absolute atomic E-state index is 0.143. The maximum atomic E-state index is 10.7. The van der Waals surface area contributed by atoms with E-state index in [0.717, 1.165) is 18.5 Å². The molecule has 0 saturated carbocycles. The molecule has 1 aromatic carbocycles. The summed E-state index contributed by atoms with van der Waals surface area (Å²) in [5.74, 6) is 0. The average Bonchev–Trinajstić information content (AvgIpc) is 2.57. The molecule has 0 fully saturated rings. The van der Waals surface area contributed by atoms with Gasteiger partial charge in [0.2, 0.25) is 0 Å². The zero-order valence-corrected chi connectivity index (χ0v) is 16.9. The summed E-state index contributed by atoms with van der Waals surface area (Å²) in [7, 11) is 0. The summed E-state index contributed by atoms with van der Waals surface area (Å²) >= 11 is 1.86. The molecule has 0 bridgehead atoms. The second-order valence-corrected chi connectivity index (χ2v) is 8.57. The van der Waals surface area contributed by atoms with Crippen molar-refractivity contribution in [1.29, 1.82) is 0 Å². The van der Waals surface area contributed by atoms with Crippen LogP contribution in [0.5, 0.6) is 0 Å². The van der Waals surface area contributed by atoms with Crippen molar-refractivity contribution in [3.63, 3.8) is 0 Å². The number of rotatable bonds is 13. The van der Waals surface area contributed by atoms with E-state index in [4.69, 9.17) is 0 Å². The third-order valence-corrected chi connectivity index (χ3v) is 5.37. The van der Waals surface area contributed by atoms with Crippen LogP contribution in [0.25, 0.3) is 0 Å². The van der Waals surface area contributed by atoms with Gasteiger partial charge in [-0.25, -0.2) is 0 Å². The molecule has 3 heteroatoms. The Labute approximate surface area is 153 Å². The van der Waals surface area contributed by atoms with Gasteiger partial charge in [0.05, 0.1) is 6.10 Å². The molecule has 0 radical (unpaired) electrons. The largest absolute Gasteiger partial charge is 0.387 e. The lowest BCUT2D eigenvalue weighted by atomic mass is 10.00. The number of thioether (sulfide) groups is 1. The summed E-state index contributed by atoms with van der Waals surface area (Å²) in [6.07, 6.45) is 8.37. The SMILES string of the molecule is CCCCCCCCNC(CC)C(O)c1ccc(SC(C)C)cc1. The number of hydrogen-bond acceptors (Lipinski definition) is 3. The van der Waals surface area contributed by atoms with Crippen LogP contribution < -0.4 is 5.32 Å². The highest BCUT2D eigenvalue weighted by molar-refractivity contribution is 7.99. The van der Waals surface area contributed by atoms with Crippen LogP contribution in [0.1, 0.15) is 84.3 Å². The summed E-state index contributed by atoms with van der Waals surface area (Å²) in [6, 6.07) is 8.55. The Morgan fingerprint density at radius 1 is 0.958 bits per heavy atom. The smallest absolute Gasteiger partial charge is 0.0942 e. The normalized spacial score (nSPS) is 14.1. The Kier molecular flexibility index (Phi) is 11.5. The predicted octanol–water partition coefficient (Wildman–Crippen LogP) is 5.95. The van der Waals surface area contributed by atoms with Gasteiger partial charge in [-0.3, -0.25) is 0 Å². The number of unbranched alkanes of at least 4 members (excludes halogenated alkanes) is 5. The van der Waals surface area contributed by atoms with E-state index >= 15 is 0 Å². The minimum Gasteiger partial charge on any atom is -0.387 e. The molecular formula is C21H37NOS. The van der Waals surface area contributed by atoms with E-state index in [1.807, 2.05) is 11.8 Å². The van der Waals surface area contributed by atoms with E-state index in [2.05, 4.69) is 57.3 Å². The lowest BCUT2D eigenvalue weighted by Gasteiger charge is -2.23. The van der Waals surface area contributed by atoms with Gasteiger partial charge in [0.15, 0.2) is 0 Å². The van der Waals surface area contributed by atoms with E-state index in [0.29, 0.717) is 5.25 Å². The van der Waals surface area contributed by atoms with E-state index in [1.54, 1.807) is 0 Å². The molecular weight excluding hydrogens is 314 g/mol. The van der Waals surface area contributed by atoms with E-state index in [-0.39, 0.29) is 6.04 Å². The van der Waals surface area contributed by atoms with Gasteiger partial charge in [0, 0.05) is 16.2 Å². The molecule has 2 nitrogen and oxygen atoms in total. The molecule has 1 aromatic rings. The molecule has 0 spiro atoms. The average molecular weight is 352 g/mol.